The predicted octanol–water partition coefficient (Wildman–Crippen LogP) is 7.75. The van der Waals surface area contributed by atoms with Gasteiger partial charge in [0.15, 0.2) is 0 Å². The van der Waals surface area contributed by atoms with Crippen LogP contribution in [0.25, 0.3) is 11.6 Å². The number of carbonyl (C=O) groups excluding carboxylic acids is 2. The molecule has 0 amide bonds. The minimum absolute atomic E-state index is 0.692. The summed E-state index contributed by atoms with van der Waals surface area (Å²) in [5.41, 5.74) is 5.79. The number of rotatable bonds is 10. The molecule has 1 aromatic heterocycles. The molecule has 0 saturated carbocycles. The zero-order valence-electron chi connectivity index (χ0n) is 23.5. The Labute approximate surface area is 233 Å². The van der Waals surface area contributed by atoms with Gasteiger partial charge in [-0.15, -0.1) is 0 Å². The molecule has 0 radical (unpaired) electrons. The van der Waals surface area contributed by atoms with Gasteiger partial charge in [-0.25, -0.2) is 4.42 Å². The summed E-state index contributed by atoms with van der Waals surface area (Å²) in [5.74, 6) is -1.41. The number of allylic oxidation sites excluding steroid dienone is 16. The van der Waals surface area contributed by atoms with Crippen molar-refractivity contribution in [3.8, 4) is 0 Å². The standard InChI is InChI=1S/C30H34O3.C2HF3O2/c1-23(12-9-14-25(3)21-31)11-7-8-16-28(6)30-20-27(5)19-29(33-30)18-17-24(2)13-10-15-26(4)22-32;3-2(4,5)1(6)7/h7-22H,1-6H3;(H,6,7)/b8-7+,12-9+,15-10+,18-17+,23-11+,24-13+,25-14+,26-22+,28-16+;. The Morgan fingerprint density at radius 1 is 0.825 bits per heavy atom. The number of alkyl halides is 3. The number of aliphatic carboxylic acids is 1. The maximum absolute atomic E-state index is 10.6. The normalized spacial score (nSPS) is 14.4. The zero-order valence-corrected chi connectivity index (χ0v) is 23.5. The number of carboxylic acids is 1. The van der Waals surface area contributed by atoms with Crippen molar-refractivity contribution in [2.24, 2.45) is 0 Å². The summed E-state index contributed by atoms with van der Waals surface area (Å²) in [7, 11) is 0. The number of halogens is 3. The third-order valence-corrected chi connectivity index (χ3v) is 4.73. The van der Waals surface area contributed by atoms with Crippen LogP contribution < -0.4 is 5.11 Å². The van der Waals surface area contributed by atoms with Crippen molar-refractivity contribution in [3.63, 3.8) is 0 Å². The summed E-state index contributed by atoms with van der Waals surface area (Å²) < 4.78 is 37.6. The third-order valence-electron chi connectivity index (χ3n) is 4.73. The molecule has 0 saturated heterocycles. The lowest BCUT2D eigenvalue weighted by Gasteiger charge is -2.03. The van der Waals surface area contributed by atoms with Crippen LogP contribution >= 0.6 is 0 Å². The average molecular weight is 557 g/mol. The lowest BCUT2D eigenvalue weighted by molar-refractivity contribution is -0.344. The van der Waals surface area contributed by atoms with Crippen LogP contribution in [0.5, 0.6) is 0 Å². The van der Waals surface area contributed by atoms with Crippen LogP contribution in [0.2, 0.25) is 0 Å². The number of aldehydes is 1. The molecule has 1 N–H and O–H groups in total. The quantitative estimate of drug-likeness (QED) is 0.105. The van der Waals surface area contributed by atoms with Gasteiger partial charge in [0.05, 0.1) is 11.8 Å². The number of aryl methyl sites for hydroxylation is 1. The van der Waals surface area contributed by atoms with E-state index in [0.29, 0.717) is 5.57 Å². The molecule has 0 spiro atoms. The predicted molar refractivity (Wildman–Crippen MR) is 153 cm³/mol. The van der Waals surface area contributed by atoms with Crippen molar-refractivity contribution in [3.05, 3.63) is 125 Å². The fraction of sp³-hybridized carbons (Fsp3) is 0.219. The van der Waals surface area contributed by atoms with E-state index in [9.17, 15) is 18.0 Å². The van der Waals surface area contributed by atoms with Gasteiger partial charge in [0.2, 0.25) is 0 Å². The van der Waals surface area contributed by atoms with Gasteiger partial charge >= 0.3 is 17.7 Å². The molecule has 8 heteroatoms. The van der Waals surface area contributed by atoms with Crippen molar-refractivity contribution in [2.75, 3.05) is 0 Å². The molecule has 1 aromatic rings. The molecule has 0 aromatic carbocycles. The number of carboxylic acid groups (broad SMARTS) is 1. The van der Waals surface area contributed by atoms with Gasteiger partial charge in [0.1, 0.15) is 12.3 Å². The molecule has 5 nitrogen and oxygen atoms in total. The lowest BCUT2D eigenvalue weighted by atomic mass is 10.1. The summed E-state index contributed by atoms with van der Waals surface area (Å²) in [6.45, 7) is 11.7. The smallest absolute Gasteiger partial charge is 0.430 e. The molecular formula is C32H35F3O5. The van der Waals surface area contributed by atoms with E-state index in [1.54, 1.807) is 13.0 Å². The fourth-order valence-corrected chi connectivity index (χ4v) is 2.53. The second-order valence-electron chi connectivity index (χ2n) is 8.70. The Hall–Kier alpha value is -4.46. The number of carbonyl (C=O) groups is 2. The molecule has 40 heavy (non-hydrogen) atoms. The van der Waals surface area contributed by atoms with E-state index in [4.69, 9.17) is 19.4 Å². The van der Waals surface area contributed by atoms with E-state index >= 15 is 0 Å². The molecule has 0 unspecified atom stereocenters. The number of aliphatic hydroxyl groups is 1. The van der Waals surface area contributed by atoms with Gasteiger partial charge in [-0.2, -0.15) is 13.2 Å². The molecule has 0 aliphatic heterocycles. The van der Waals surface area contributed by atoms with Gasteiger partial charge in [-0.05, 0) is 70.4 Å². The topological polar surface area (TPSA) is 88.7 Å². The Morgan fingerprint density at radius 2 is 1.32 bits per heavy atom. The zero-order chi connectivity index (χ0) is 30.7. The molecule has 0 aliphatic rings. The highest BCUT2D eigenvalue weighted by atomic mass is 19.4. The Morgan fingerprint density at radius 3 is 1.88 bits per heavy atom. The summed E-state index contributed by atoms with van der Waals surface area (Å²) in [4.78, 5) is 19.4. The van der Waals surface area contributed by atoms with E-state index in [2.05, 4.69) is 0 Å². The summed E-state index contributed by atoms with van der Waals surface area (Å²) in [6.07, 6.45) is 20.0. The van der Waals surface area contributed by atoms with Gasteiger partial charge < -0.3 is 15.0 Å². The molecule has 0 fully saturated rings. The van der Waals surface area contributed by atoms with Crippen molar-refractivity contribution in [1.29, 1.82) is 0 Å². The van der Waals surface area contributed by atoms with E-state index < -0.39 is 12.1 Å². The van der Waals surface area contributed by atoms with E-state index in [1.807, 2.05) is 114 Å². The van der Waals surface area contributed by atoms with Gasteiger partial charge in [0.25, 0.3) is 0 Å². The first kappa shape index (κ1) is 35.5. The van der Waals surface area contributed by atoms with Crippen LogP contribution in [0.3, 0.4) is 0 Å². The molecule has 0 bridgehead atoms. The second-order valence-corrected chi connectivity index (χ2v) is 8.70. The van der Waals surface area contributed by atoms with Crippen molar-refractivity contribution < 1.29 is 37.4 Å². The van der Waals surface area contributed by atoms with Crippen molar-refractivity contribution in [2.45, 2.75) is 47.7 Å². The Kier molecular flexibility index (Phi) is 16.6. The lowest BCUT2D eigenvalue weighted by Crippen LogP contribution is -2.37. The molecule has 0 atom stereocenters. The largest absolute Gasteiger partial charge is 0.542 e. The van der Waals surface area contributed by atoms with Crippen LogP contribution in [0.1, 0.15) is 51.7 Å². The summed E-state index contributed by atoms with van der Waals surface area (Å²) in [6, 6.07) is 4.03. The number of hydrogen-bond donors (Lipinski definition) is 1. The Balaban J connectivity index is 0.00000191. The highest BCUT2D eigenvalue weighted by Gasteiger charge is 2.28. The molecular weight excluding hydrogens is 521 g/mol. The fourth-order valence-electron chi connectivity index (χ4n) is 2.53. The van der Waals surface area contributed by atoms with E-state index in [-0.39, 0.29) is 0 Å². The van der Waals surface area contributed by atoms with Gasteiger partial charge in [-0.1, -0.05) is 65.8 Å². The van der Waals surface area contributed by atoms with Crippen LogP contribution in [-0.2, 0) is 9.59 Å². The molecule has 1 rings (SSSR count). The summed E-state index contributed by atoms with van der Waals surface area (Å²) in [5, 5.41) is 17.7. The molecule has 1 heterocycles. The van der Waals surface area contributed by atoms with Crippen LogP contribution in [0, 0.1) is 6.92 Å². The molecule has 0 aliphatic carbocycles. The first-order valence-electron chi connectivity index (χ1n) is 12.1. The first-order valence-corrected chi connectivity index (χ1v) is 12.1. The Bertz CT molecular complexity index is 1280. The van der Waals surface area contributed by atoms with Crippen LogP contribution in [0.4, 0.5) is 13.2 Å². The maximum atomic E-state index is 10.6. The van der Waals surface area contributed by atoms with Crippen molar-refractivity contribution in [1.82, 2.24) is 0 Å². The first-order chi connectivity index (χ1) is 18.7. The van der Waals surface area contributed by atoms with Gasteiger partial charge in [-0.3, -0.25) is 4.79 Å². The minimum Gasteiger partial charge on any atom is -0.542 e. The van der Waals surface area contributed by atoms with Gasteiger partial charge in [0, 0.05) is 18.2 Å². The third kappa shape index (κ3) is 17.1. The van der Waals surface area contributed by atoms with Crippen LogP contribution in [0.15, 0.2) is 112 Å². The monoisotopic (exact) mass is 556 g/mol. The second kappa shape index (κ2) is 18.7. The van der Waals surface area contributed by atoms with Crippen LogP contribution in [-0.4, -0.2) is 23.5 Å². The number of hydrogen-bond acceptors (Lipinski definition) is 4. The van der Waals surface area contributed by atoms with E-state index in [0.717, 1.165) is 51.9 Å². The minimum atomic E-state index is -5.19. The number of aliphatic hydroxyl groups excluding tert-OH is 1. The maximum Gasteiger partial charge on any atom is 0.430 e. The highest BCUT2D eigenvalue weighted by Crippen LogP contribution is 2.19. The van der Waals surface area contributed by atoms with Crippen molar-refractivity contribution >= 4 is 23.9 Å². The van der Waals surface area contributed by atoms with E-state index in [1.165, 1.54) is 0 Å². The average Bonchev–Trinajstić information content (AvgIpc) is 2.89. The molecule has 214 valence electrons. The highest BCUT2D eigenvalue weighted by molar-refractivity contribution is 5.72. The SMILES string of the molecule is C\C(C=O)=C/C=C/C(C)=C/C=C/C=C(\C)c1cc(C)cc(/C=C/C(C)=C/C=C/C(C)=C/O)[o+]1.O=C([O-])C(F)(F)F. The summed E-state index contributed by atoms with van der Waals surface area (Å²) >= 11 is 0.